The number of halogens is 3. The van der Waals surface area contributed by atoms with Gasteiger partial charge in [-0.15, -0.1) is 0 Å². The van der Waals surface area contributed by atoms with Crippen LogP contribution in [0.2, 0.25) is 0 Å². The van der Waals surface area contributed by atoms with Crippen molar-refractivity contribution in [1.82, 2.24) is 0 Å². The van der Waals surface area contributed by atoms with Gasteiger partial charge in [-0.1, -0.05) is 36.4 Å². The van der Waals surface area contributed by atoms with Gasteiger partial charge in [-0.05, 0) is 28.8 Å². The fraction of sp³-hybridized carbons (Fsp3) is 0.294. The second-order valence-electron chi connectivity index (χ2n) is 5.32. The first-order chi connectivity index (χ1) is 10.5. The number of hydrogen-bond acceptors (Lipinski definition) is 2. The van der Waals surface area contributed by atoms with Crippen LogP contribution >= 0.6 is 0 Å². The zero-order valence-electron chi connectivity index (χ0n) is 11.7. The lowest BCUT2D eigenvalue weighted by molar-refractivity contribution is -0.137. The Morgan fingerprint density at radius 2 is 1.73 bits per heavy atom. The van der Waals surface area contributed by atoms with Crippen LogP contribution in [0.15, 0.2) is 48.5 Å². The Kier molecular flexibility index (Phi) is 3.93. The molecule has 3 rings (SSSR count). The Balaban J connectivity index is 1.98. The van der Waals surface area contributed by atoms with Crippen LogP contribution in [-0.4, -0.2) is 24.4 Å². The topological polar surface area (TPSA) is 32.8 Å². The molecule has 22 heavy (non-hydrogen) atoms. The lowest BCUT2D eigenvalue weighted by atomic mass is 9.89. The van der Waals surface area contributed by atoms with E-state index in [2.05, 4.69) is 0 Å². The van der Waals surface area contributed by atoms with Gasteiger partial charge < -0.3 is 9.84 Å². The first-order valence-electron chi connectivity index (χ1n) is 6.99. The molecule has 2 aromatic carbocycles. The van der Waals surface area contributed by atoms with Crippen LogP contribution in [0.5, 0.6) is 0 Å². The molecule has 1 fully saturated rings. The van der Waals surface area contributed by atoms with Crippen LogP contribution in [0.1, 0.15) is 17.0 Å². The molecule has 0 radical (unpaired) electrons. The minimum Gasteiger partial charge on any atom is -0.396 e. The Labute approximate surface area is 126 Å². The summed E-state index contributed by atoms with van der Waals surface area (Å²) in [5.74, 6) is -0.154. The van der Waals surface area contributed by atoms with Crippen molar-refractivity contribution in [3.05, 3.63) is 59.7 Å². The van der Waals surface area contributed by atoms with E-state index in [0.29, 0.717) is 12.2 Å². The highest BCUT2D eigenvalue weighted by Crippen LogP contribution is 2.37. The van der Waals surface area contributed by atoms with Crippen LogP contribution < -0.4 is 0 Å². The summed E-state index contributed by atoms with van der Waals surface area (Å²) in [6.45, 7) is 0.550. The Morgan fingerprint density at radius 1 is 1.09 bits per heavy atom. The highest BCUT2D eigenvalue weighted by atomic mass is 19.4. The molecule has 1 N–H and O–H groups in total. The SMILES string of the molecule is OCC(c1ccccc1-c1ccc(C(F)(F)F)cc1)C1CO1. The molecule has 2 atom stereocenters. The first-order valence-corrected chi connectivity index (χ1v) is 6.99. The predicted molar refractivity (Wildman–Crippen MR) is 76.4 cm³/mol. The summed E-state index contributed by atoms with van der Waals surface area (Å²) in [5, 5.41) is 9.58. The summed E-state index contributed by atoms with van der Waals surface area (Å²) in [4.78, 5) is 0. The van der Waals surface area contributed by atoms with Crippen LogP contribution in [0.4, 0.5) is 13.2 Å². The van der Waals surface area contributed by atoms with E-state index >= 15 is 0 Å². The molecular formula is C17H15F3O2. The fourth-order valence-corrected chi connectivity index (χ4v) is 2.63. The van der Waals surface area contributed by atoms with Gasteiger partial charge in [0.25, 0.3) is 0 Å². The number of epoxide rings is 1. The van der Waals surface area contributed by atoms with E-state index in [9.17, 15) is 18.3 Å². The summed E-state index contributed by atoms with van der Waals surface area (Å²) >= 11 is 0. The van der Waals surface area contributed by atoms with E-state index in [1.165, 1.54) is 12.1 Å². The van der Waals surface area contributed by atoms with Gasteiger partial charge in [0, 0.05) is 5.92 Å². The van der Waals surface area contributed by atoms with Crippen molar-refractivity contribution < 1.29 is 23.0 Å². The van der Waals surface area contributed by atoms with Gasteiger partial charge in [-0.3, -0.25) is 0 Å². The molecule has 0 bridgehead atoms. The minimum absolute atomic E-state index is 0.0133. The van der Waals surface area contributed by atoms with Crippen LogP contribution in [0.3, 0.4) is 0 Å². The molecule has 2 unspecified atom stereocenters. The summed E-state index contributed by atoms with van der Waals surface area (Å²) in [7, 11) is 0. The van der Waals surface area contributed by atoms with Crippen molar-refractivity contribution in [3.63, 3.8) is 0 Å². The number of hydrogen-bond donors (Lipinski definition) is 1. The zero-order chi connectivity index (χ0) is 15.7. The number of ether oxygens (including phenoxy) is 1. The third kappa shape index (κ3) is 3.00. The third-order valence-corrected chi connectivity index (χ3v) is 3.89. The summed E-state index contributed by atoms with van der Waals surface area (Å²) in [6, 6.07) is 12.5. The van der Waals surface area contributed by atoms with Gasteiger partial charge in [0.05, 0.1) is 24.9 Å². The number of alkyl halides is 3. The molecule has 2 nitrogen and oxygen atoms in total. The quantitative estimate of drug-likeness (QED) is 0.870. The van der Waals surface area contributed by atoms with Gasteiger partial charge in [0.15, 0.2) is 0 Å². The van der Waals surface area contributed by atoms with Crippen molar-refractivity contribution in [2.24, 2.45) is 0 Å². The number of benzene rings is 2. The zero-order valence-corrected chi connectivity index (χ0v) is 11.7. The Bertz CT molecular complexity index is 646. The summed E-state index contributed by atoms with van der Waals surface area (Å²) in [5.41, 5.74) is 1.75. The van der Waals surface area contributed by atoms with Crippen molar-refractivity contribution >= 4 is 0 Å². The molecule has 0 aliphatic carbocycles. The summed E-state index contributed by atoms with van der Waals surface area (Å²) in [6.07, 6.45) is -4.35. The number of aliphatic hydroxyl groups excluding tert-OH is 1. The van der Waals surface area contributed by atoms with E-state index < -0.39 is 11.7 Å². The lowest BCUT2D eigenvalue weighted by Crippen LogP contribution is -2.12. The second-order valence-corrected chi connectivity index (χ2v) is 5.32. The molecule has 1 aliphatic rings. The molecule has 5 heteroatoms. The molecule has 0 amide bonds. The molecule has 0 spiro atoms. The normalized spacial score (nSPS) is 19.0. The predicted octanol–water partition coefficient (Wildman–Crippen LogP) is 3.85. The Hall–Kier alpha value is -1.85. The van der Waals surface area contributed by atoms with E-state index in [4.69, 9.17) is 4.74 Å². The van der Waals surface area contributed by atoms with E-state index in [1.807, 2.05) is 24.3 Å². The minimum atomic E-state index is -4.34. The maximum absolute atomic E-state index is 12.6. The number of rotatable bonds is 4. The standard InChI is InChI=1S/C17H15F3O2/c18-17(19,20)12-7-5-11(6-8-12)13-3-1-2-4-14(13)15(9-21)16-10-22-16/h1-8,15-16,21H,9-10H2. The van der Waals surface area contributed by atoms with Crippen LogP contribution in [0.25, 0.3) is 11.1 Å². The second kappa shape index (κ2) is 5.74. The molecule has 1 heterocycles. The van der Waals surface area contributed by atoms with Gasteiger partial charge in [0.1, 0.15) is 0 Å². The summed E-state index contributed by atoms with van der Waals surface area (Å²) < 4.78 is 43.2. The smallest absolute Gasteiger partial charge is 0.396 e. The molecule has 1 saturated heterocycles. The van der Waals surface area contributed by atoms with E-state index in [-0.39, 0.29) is 18.6 Å². The lowest BCUT2D eigenvalue weighted by Gasteiger charge is -2.17. The molecule has 0 saturated carbocycles. The van der Waals surface area contributed by atoms with Gasteiger partial charge in [-0.2, -0.15) is 13.2 Å². The van der Waals surface area contributed by atoms with Crippen molar-refractivity contribution in [2.45, 2.75) is 18.2 Å². The van der Waals surface area contributed by atoms with Gasteiger partial charge in [-0.25, -0.2) is 0 Å². The van der Waals surface area contributed by atoms with Gasteiger partial charge in [0.2, 0.25) is 0 Å². The first kappa shape index (κ1) is 15.1. The van der Waals surface area contributed by atoms with Crippen LogP contribution in [0, 0.1) is 0 Å². The van der Waals surface area contributed by atoms with Gasteiger partial charge >= 0.3 is 6.18 Å². The van der Waals surface area contributed by atoms with E-state index in [0.717, 1.165) is 23.3 Å². The van der Waals surface area contributed by atoms with Crippen molar-refractivity contribution in [1.29, 1.82) is 0 Å². The Morgan fingerprint density at radius 3 is 2.27 bits per heavy atom. The molecule has 2 aromatic rings. The maximum Gasteiger partial charge on any atom is 0.416 e. The van der Waals surface area contributed by atoms with Crippen LogP contribution in [-0.2, 0) is 10.9 Å². The van der Waals surface area contributed by atoms with Crippen molar-refractivity contribution in [2.75, 3.05) is 13.2 Å². The fourth-order valence-electron chi connectivity index (χ4n) is 2.63. The molecule has 116 valence electrons. The molecule has 1 aliphatic heterocycles. The average Bonchev–Trinajstić information content (AvgIpc) is 3.33. The highest BCUT2D eigenvalue weighted by Gasteiger charge is 2.35. The average molecular weight is 308 g/mol. The maximum atomic E-state index is 12.6. The van der Waals surface area contributed by atoms with E-state index in [1.54, 1.807) is 0 Å². The largest absolute Gasteiger partial charge is 0.416 e. The molecule has 0 aromatic heterocycles. The van der Waals surface area contributed by atoms with Crippen molar-refractivity contribution in [3.8, 4) is 11.1 Å². The monoisotopic (exact) mass is 308 g/mol. The third-order valence-electron chi connectivity index (χ3n) is 3.89. The molecular weight excluding hydrogens is 293 g/mol. The number of aliphatic hydroxyl groups is 1. The highest BCUT2D eigenvalue weighted by molar-refractivity contribution is 5.68.